The van der Waals surface area contributed by atoms with Crippen molar-refractivity contribution < 1.29 is 0 Å². The van der Waals surface area contributed by atoms with Gasteiger partial charge < -0.3 is 5.32 Å². The summed E-state index contributed by atoms with van der Waals surface area (Å²) in [5.41, 5.74) is 0.936. The van der Waals surface area contributed by atoms with Gasteiger partial charge in [-0.2, -0.15) is 5.10 Å². The molecule has 0 atom stereocenters. The van der Waals surface area contributed by atoms with Crippen molar-refractivity contribution >= 4 is 28.4 Å². The molecule has 0 saturated carbocycles. The van der Waals surface area contributed by atoms with Crippen LogP contribution in [0.25, 0.3) is 11.6 Å². The molecule has 2 heterocycles. The van der Waals surface area contributed by atoms with Crippen LogP contribution in [0.1, 0.15) is 19.0 Å². The predicted octanol–water partition coefficient (Wildman–Crippen LogP) is 2.00. The highest BCUT2D eigenvalue weighted by atomic mass is 127. The molecule has 2 aromatic rings. The Morgan fingerprint density at radius 2 is 2.24 bits per heavy atom. The number of nitrogens with zero attached hydrogens (tertiary/aromatic N) is 4. The van der Waals surface area contributed by atoms with E-state index < -0.39 is 0 Å². The lowest BCUT2D eigenvalue weighted by molar-refractivity contribution is 0.954. The van der Waals surface area contributed by atoms with Crippen LogP contribution >= 0.6 is 22.6 Å². The molecular weight excluding hydrogens is 331 g/mol. The molecule has 0 radical (unpaired) electrons. The van der Waals surface area contributed by atoms with Crippen LogP contribution in [-0.4, -0.2) is 31.7 Å². The predicted molar refractivity (Wildman–Crippen MR) is 73.6 cm³/mol. The fraction of sp³-hybridized carbons (Fsp3) is 0.400. The SMILES string of the molecule is CCCNc1nc(-c2ncn[nH]2)nc(C)c1I. The third-order valence-electron chi connectivity index (χ3n) is 2.19. The fourth-order valence-electron chi connectivity index (χ4n) is 1.34. The molecule has 0 aliphatic heterocycles. The van der Waals surface area contributed by atoms with E-state index in [1.807, 2.05) is 6.92 Å². The quantitative estimate of drug-likeness (QED) is 0.830. The van der Waals surface area contributed by atoms with Crippen LogP contribution in [0.4, 0.5) is 5.82 Å². The van der Waals surface area contributed by atoms with Crippen LogP contribution in [-0.2, 0) is 0 Å². The molecule has 0 spiro atoms. The second-order valence-corrected chi connectivity index (χ2v) is 4.63. The third kappa shape index (κ3) is 2.71. The van der Waals surface area contributed by atoms with Crippen LogP contribution in [0.5, 0.6) is 0 Å². The average molecular weight is 344 g/mol. The number of aromatic amines is 1. The van der Waals surface area contributed by atoms with E-state index in [2.05, 4.69) is 60.0 Å². The number of aromatic nitrogens is 5. The highest BCUT2D eigenvalue weighted by Crippen LogP contribution is 2.21. The summed E-state index contributed by atoms with van der Waals surface area (Å²) in [4.78, 5) is 12.9. The minimum atomic E-state index is 0.569. The van der Waals surface area contributed by atoms with Crippen molar-refractivity contribution in [3.05, 3.63) is 15.6 Å². The van der Waals surface area contributed by atoms with Crippen molar-refractivity contribution in [2.24, 2.45) is 0 Å². The Balaban J connectivity index is 2.39. The van der Waals surface area contributed by atoms with Gasteiger partial charge in [0.1, 0.15) is 12.1 Å². The standard InChI is InChI=1S/C10H13IN6/c1-3-4-12-8-7(11)6(2)15-10(16-8)9-13-5-14-17-9/h5H,3-4H2,1-2H3,(H,12,15,16)(H,13,14,17). The van der Waals surface area contributed by atoms with Crippen molar-refractivity contribution in [2.75, 3.05) is 11.9 Å². The minimum absolute atomic E-state index is 0.569. The number of aryl methyl sites for hydroxylation is 1. The molecule has 90 valence electrons. The summed E-state index contributed by atoms with van der Waals surface area (Å²) in [5, 5.41) is 9.86. The molecule has 0 aliphatic rings. The summed E-state index contributed by atoms with van der Waals surface area (Å²) in [6.45, 7) is 4.97. The van der Waals surface area contributed by atoms with E-state index in [-0.39, 0.29) is 0 Å². The van der Waals surface area contributed by atoms with Gasteiger partial charge in [0.2, 0.25) is 0 Å². The molecule has 0 aliphatic carbocycles. The monoisotopic (exact) mass is 344 g/mol. The summed E-state index contributed by atoms with van der Waals surface area (Å²) in [6.07, 6.45) is 2.50. The maximum absolute atomic E-state index is 4.45. The minimum Gasteiger partial charge on any atom is -0.369 e. The lowest BCUT2D eigenvalue weighted by Gasteiger charge is -2.09. The maximum Gasteiger partial charge on any atom is 0.199 e. The summed E-state index contributed by atoms with van der Waals surface area (Å²) < 4.78 is 1.04. The number of nitrogens with one attached hydrogen (secondary N) is 2. The van der Waals surface area contributed by atoms with E-state index in [1.165, 1.54) is 6.33 Å². The highest BCUT2D eigenvalue weighted by molar-refractivity contribution is 14.1. The first-order valence-electron chi connectivity index (χ1n) is 5.36. The molecule has 2 rings (SSSR count). The van der Waals surface area contributed by atoms with Gasteiger partial charge in [0, 0.05) is 6.54 Å². The van der Waals surface area contributed by atoms with Gasteiger partial charge in [-0.25, -0.2) is 15.0 Å². The van der Waals surface area contributed by atoms with E-state index >= 15 is 0 Å². The molecule has 2 aromatic heterocycles. The average Bonchev–Trinajstić information content (AvgIpc) is 2.84. The molecule has 2 N–H and O–H groups in total. The Labute approximate surface area is 113 Å². The van der Waals surface area contributed by atoms with Gasteiger partial charge in [-0.15, -0.1) is 0 Å². The molecule has 7 heteroatoms. The van der Waals surface area contributed by atoms with Gasteiger partial charge in [0.15, 0.2) is 11.6 Å². The van der Waals surface area contributed by atoms with Crippen LogP contribution in [0, 0.1) is 10.5 Å². The summed E-state index contributed by atoms with van der Waals surface area (Å²) in [5.74, 6) is 2.01. The number of halogens is 1. The normalized spacial score (nSPS) is 10.5. The van der Waals surface area contributed by atoms with Crippen molar-refractivity contribution in [1.82, 2.24) is 25.1 Å². The largest absolute Gasteiger partial charge is 0.369 e. The smallest absolute Gasteiger partial charge is 0.199 e. The van der Waals surface area contributed by atoms with Crippen molar-refractivity contribution in [2.45, 2.75) is 20.3 Å². The van der Waals surface area contributed by atoms with Gasteiger partial charge in [0.05, 0.1) is 9.26 Å². The molecule has 0 fully saturated rings. The van der Waals surface area contributed by atoms with E-state index in [0.29, 0.717) is 11.6 Å². The molecule has 0 bridgehead atoms. The number of hydrogen-bond donors (Lipinski definition) is 2. The zero-order valence-electron chi connectivity index (χ0n) is 9.66. The zero-order chi connectivity index (χ0) is 12.3. The first-order valence-corrected chi connectivity index (χ1v) is 6.44. The topological polar surface area (TPSA) is 79.4 Å². The number of rotatable bonds is 4. The number of H-pyrrole nitrogens is 1. The fourth-order valence-corrected chi connectivity index (χ4v) is 1.77. The lowest BCUT2D eigenvalue weighted by atomic mass is 10.4. The second kappa shape index (κ2) is 5.39. The Morgan fingerprint density at radius 3 is 2.88 bits per heavy atom. The molecule has 0 unspecified atom stereocenters. The van der Waals surface area contributed by atoms with Gasteiger partial charge in [-0.3, -0.25) is 5.10 Å². The van der Waals surface area contributed by atoms with Crippen molar-refractivity contribution in [3.63, 3.8) is 0 Å². The Hall–Kier alpha value is -1.25. The molecular formula is C10H13IN6. The zero-order valence-corrected chi connectivity index (χ0v) is 11.8. The van der Waals surface area contributed by atoms with E-state index in [0.717, 1.165) is 28.0 Å². The van der Waals surface area contributed by atoms with Crippen LogP contribution in [0.3, 0.4) is 0 Å². The lowest BCUT2D eigenvalue weighted by Crippen LogP contribution is -2.08. The second-order valence-electron chi connectivity index (χ2n) is 3.56. The molecule has 6 nitrogen and oxygen atoms in total. The van der Waals surface area contributed by atoms with Crippen LogP contribution in [0.2, 0.25) is 0 Å². The number of anilines is 1. The Bertz CT molecular complexity index is 496. The summed E-state index contributed by atoms with van der Waals surface area (Å²) >= 11 is 2.25. The van der Waals surface area contributed by atoms with Crippen molar-refractivity contribution in [1.29, 1.82) is 0 Å². The van der Waals surface area contributed by atoms with E-state index in [4.69, 9.17) is 0 Å². The van der Waals surface area contributed by atoms with Gasteiger partial charge >= 0.3 is 0 Å². The Kier molecular flexibility index (Phi) is 3.87. The van der Waals surface area contributed by atoms with E-state index in [1.54, 1.807) is 0 Å². The van der Waals surface area contributed by atoms with Gasteiger partial charge in [-0.1, -0.05) is 6.92 Å². The molecule has 0 aromatic carbocycles. The molecule has 17 heavy (non-hydrogen) atoms. The highest BCUT2D eigenvalue weighted by Gasteiger charge is 2.11. The van der Waals surface area contributed by atoms with Crippen LogP contribution < -0.4 is 5.32 Å². The first kappa shape index (κ1) is 12.2. The molecule has 0 saturated heterocycles. The Morgan fingerprint density at radius 1 is 1.41 bits per heavy atom. The number of hydrogen-bond acceptors (Lipinski definition) is 5. The van der Waals surface area contributed by atoms with E-state index in [9.17, 15) is 0 Å². The van der Waals surface area contributed by atoms with Crippen LogP contribution in [0.15, 0.2) is 6.33 Å². The first-order chi connectivity index (χ1) is 8.22. The molecule has 0 amide bonds. The maximum atomic E-state index is 4.45. The third-order valence-corrected chi connectivity index (χ3v) is 3.48. The van der Waals surface area contributed by atoms with Gasteiger partial charge in [0.25, 0.3) is 0 Å². The van der Waals surface area contributed by atoms with Gasteiger partial charge in [-0.05, 0) is 35.9 Å². The summed E-state index contributed by atoms with van der Waals surface area (Å²) in [7, 11) is 0. The summed E-state index contributed by atoms with van der Waals surface area (Å²) in [6, 6.07) is 0. The van der Waals surface area contributed by atoms with Crippen molar-refractivity contribution in [3.8, 4) is 11.6 Å².